The van der Waals surface area contributed by atoms with E-state index < -0.39 is 12.1 Å². The maximum atomic E-state index is 11.1. The van der Waals surface area contributed by atoms with Gasteiger partial charge < -0.3 is 9.47 Å². The first-order chi connectivity index (χ1) is 6.15. The first-order valence-corrected chi connectivity index (χ1v) is 4.10. The highest BCUT2D eigenvalue weighted by Gasteiger charge is 2.27. The van der Waals surface area contributed by atoms with Crippen LogP contribution in [-0.4, -0.2) is 25.2 Å². The van der Waals surface area contributed by atoms with E-state index in [9.17, 15) is 9.59 Å². The van der Waals surface area contributed by atoms with E-state index in [0.29, 0.717) is 12.0 Å². The van der Waals surface area contributed by atoms with Crippen molar-refractivity contribution < 1.29 is 19.1 Å². The molecule has 0 amide bonds. The van der Waals surface area contributed by atoms with Gasteiger partial charge in [0, 0.05) is 6.92 Å². The van der Waals surface area contributed by atoms with Crippen LogP contribution in [0.5, 0.6) is 0 Å². The molecular formula is C9H12O4. The fourth-order valence-corrected chi connectivity index (χ4v) is 1.33. The predicted molar refractivity (Wildman–Crippen MR) is 44.9 cm³/mol. The lowest BCUT2D eigenvalue weighted by atomic mass is 10.2. The SMILES string of the molecule is COC(=O)C1=CCCC1OC(C)=O. The lowest BCUT2D eigenvalue weighted by Gasteiger charge is -2.12. The van der Waals surface area contributed by atoms with Gasteiger partial charge in [-0.2, -0.15) is 0 Å². The van der Waals surface area contributed by atoms with E-state index in [1.54, 1.807) is 6.08 Å². The number of ether oxygens (including phenoxy) is 2. The summed E-state index contributed by atoms with van der Waals surface area (Å²) in [6.07, 6.45) is 2.76. The second-order valence-corrected chi connectivity index (χ2v) is 2.83. The Morgan fingerprint density at radius 3 is 2.77 bits per heavy atom. The van der Waals surface area contributed by atoms with Crippen LogP contribution in [0.1, 0.15) is 19.8 Å². The highest BCUT2D eigenvalue weighted by Crippen LogP contribution is 2.22. The number of allylic oxidation sites excluding steroid dienone is 1. The molecular weight excluding hydrogens is 172 g/mol. The van der Waals surface area contributed by atoms with Gasteiger partial charge in [-0.1, -0.05) is 6.08 Å². The average Bonchev–Trinajstić information content (AvgIpc) is 2.50. The summed E-state index contributed by atoms with van der Waals surface area (Å²) >= 11 is 0. The highest BCUT2D eigenvalue weighted by molar-refractivity contribution is 5.90. The molecule has 0 spiro atoms. The summed E-state index contributed by atoms with van der Waals surface area (Å²) in [6.45, 7) is 1.33. The molecule has 1 aliphatic carbocycles. The van der Waals surface area contributed by atoms with Gasteiger partial charge in [-0.25, -0.2) is 4.79 Å². The van der Waals surface area contributed by atoms with Crippen LogP contribution in [0.4, 0.5) is 0 Å². The monoisotopic (exact) mass is 184 g/mol. The molecule has 1 rings (SSSR count). The number of carbonyl (C=O) groups is 2. The molecule has 0 aromatic heterocycles. The summed E-state index contributed by atoms with van der Waals surface area (Å²) in [7, 11) is 1.31. The van der Waals surface area contributed by atoms with E-state index in [-0.39, 0.29) is 5.97 Å². The fourth-order valence-electron chi connectivity index (χ4n) is 1.33. The van der Waals surface area contributed by atoms with Crippen LogP contribution in [0, 0.1) is 0 Å². The van der Waals surface area contributed by atoms with Crippen molar-refractivity contribution >= 4 is 11.9 Å². The number of hydrogen-bond donors (Lipinski definition) is 0. The fraction of sp³-hybridized carbons (Fsp3) is 0.556. The number of methoxy groups -OCH3 is 1. The maximum absolute atomic E-state index is 11.1. The van der Waals surface area contributed by atoms with Crippen molar-refractivity contribution in [3.63, 3.8) is 0 Å². The van der Waals surface area contributed by atoms with E-state index in [1.165, 1.54) is 14.0 Å². The summed E-state index contributed by atoms with van der Waals surface area (Å²) < 4.78 is 9.49. The standard InChI is InChI=1S/C9H12O4/c1-6(10)13-8-5-3-4-7(8)9(11)12-2/h4,8H,3,5H2,1-2H3. The third kappa shape index (κ3) is 2.31. The molecule has 0 N–H and O–H groups in total. The van der Waals surface area contributed by atoms with Gasteiger partial charge in [-0.05, 0) is 12.8 Å². The molecule has 0 saturated carbocycles. The molecule has 1 aliphatic rings. The van der Waals surface area contributed by atoms with Crippen LogP contribution < -0.4 is 0 Å². The summed E-state index contributed by atoms with van der Waals surface area (Å²) in [4.78, 5) is 21.8. The normalized spacial score (nSPS) is 20.8. The third-order valence-electron chi connectivity index (χ3n) is 1.87. The molecule has 0 saturated heterocycles. The van der Waals surface area contributed by atoms with Gasteiger partial charge in [0.25, 0.3) is 0 Å². The summed E-state index contributed by atoms with van der Waals surface area (Å²) in [5, 5.41) is 0. The van der Waals surface area contributed by atoms with E-state index in [2.05, 4.69) is 4.74 Å². The Labute approximate surface area is 76.5 Å². The van der Waals surface area contributed by atoms with Gasteiger partial charge in [0.15, 0.2) is 0 Å². The van der Waals surface area contributed by atoms with Crippen LogP contribution >= 0.6 is 0 Å². The molecule has 0 heterocycles. The molecule has 0 bridgehead atoms. The largest absolute Gasteiger partial charge is 0.466 e. The van der Waals surface area contributed by atoms with Gasteiger partial charge >= 0.3 is 11.9 Å². The van der Waals surface area contributed by atoms with Gasteiger partial charge in [0.05, 0.1) is 12.7 Å². The Morgan fingerprint density at radius 2 is 2.23 bits per heavy atom. The Kier molecular flexibility index (Phi) is 3.06. The van der Waals surface area contributed by atoms with Gasteiger partial charge in [0.1, 0.15) is 6.10 Å². The number of esters is 2. The predicted octanol–water partition coefficient (Wildman–Crippen LogP) is 0.811. The van der Waals surface area contributed by atoms with Crippen molar-refractivity contribution in [1.82, 2.24) is 0 Å². The van der Waals surface area contributed by atoms with Gasteiger partial charge in [0.2, 0.25) is 0 Å². The molecule has 72 valence electrons. The van der Waals surface area contributed by atoms with E-state index in [0.717, 1.165) is 6.42 Å². The Balaban J connectivity index is 2.62. The lowest BCUT2D eigenvalue weighted by molar-refractivity contribution is -0.146. The first-order valence-electron chi connectivity index (χ1n) is 4.10. The smallest absolute Gasteiger partial charge is 0.337 e. The molecule has 13 heavy (non-hydrogen) atoms. The van der Waals surface area contributed by atoms with Gasteiger partial charge in [-0.3, -0.25) is 4.79 Å². The number of carbonyl (C=O) groups excluding carboxylic acids is 2. The second kappa shape index (κ2) is 4.07. The molecule has 0 radical (unpaired) electrons. The van der Waals surface area contributed by atoms with E-state index in [4.69, 9.17) is 4.74 Å². The zero-order valence-electron chi connectivity index (χ0n) is 7.70. The molecule has 4 heteroatoms. The second-order valence-electron chi connectivity index (χ2n) is 2.83. The van der Waals surface area contributed by atoms with E-state index in [1.807, 2.05) is 0 Å². The molecule has 1 atom stereocenters. The average molecular weight is 184 g/mol. The first kappa shape index (κ1) is 9.77. The highest BCUT2D eigenvalue weighted by atomic mass is 16.6. The van der Waals surface area contributed by atoms with Crippen molar-refractivity contribution in [3.8, 4) is 0 Å². The Hall–Kier alpha value is -1.32. The van der Waals surface area contributed by atoms with Crippen LogP contribution in [0.2, 0.25) is 0 Å². The molecule has 0 aromatic rings. The van der Waals surface area contributed by atoms with Crippen LogP contribution in [-0.2, 0) is 19.1 Å². The zero-order chi connectivity index (χ0) is 9.84. The quantitative estimate of drug-likeness (QED) is 0.596. The van der Waals surface area contributed by atoms with Crippen molar-refractivity contribution in [2.24, 2.45) is 0 Å². The van der Waals surface area contributed by atoms with Gasteiger partial charge in [-0.15, -0.1) is 0 Å². The minimum Gasteiger partial charge on any atom is -0.466 e. The van der Waals surface area contributed by atoms with Crippen LogP contribution in [0.3, 0.4) is 0 Å². The molecule has 0 aliphatic heterocycles. The van der Waals surface area contributed by atoms with Crippen molar-refractivity contribution in [2.45, 2.75) is 25.9 Å². The van der Waals surface area contributed by atoms with Crippen molar-refractivity contribution in [2.75, 3.05) is 7.11 Å². The van der Waals surface area contributed by atoms with Crippen molar-refractivity contribution in [1.29, 1.82) is 0 Å². The molecule has 1 unspecified atom stereocenters. The maximum Gasteiger partial charge on any atom is 0.337 e. The third-order valence-corrected chi connectivity index (χ3v) is 1.87. The van der Waals surface area contributed by atoms with Crippen LogP contribution in [0.15, 0.2) is 11.6 Å². The topological polar surface area (TPSA) is 52.6 Å². The van der Waals surface area contributed by atoms with Crippen molar-refractivity contribution in [3.05, 3.63) is 11.6 Å². The Morgan fingerprint density at radius 1 is 1.54 bits per heavy atom. The van der Waals surface area contributed by atoms with E-state index >= 15 is 0 Å². The Bertz CT molecular complexity index is 254. The number of rotatable bonds is 2. The van der Waals surface area contributed by atoms with Crippen LogP contribution in [0.25, 0.3) is 0 Å². The molecule has 0 aromatic carbocycles. The minimum absolute atomic E-state index is 0.373. The minimum atomic E-state index is -0.413. The molecule has 4 nitrogen and oxygen atoms in total. The summed E-state index contributed by atoms with van der Waals surface area (Å²) in [6, 6.07) is 0. The molecule has 0 fully saturated rings. The number of hydrogen-bond acceptors (Lipinski definition) is 4. The summed E-state index contributed by atoms with van der Waals surface area (Å²) in [5.74, 6) is -0.787. The lowest BCUT2D eigenvalue weighted by Crippen LogP contribution is -2.21. The zero-order valence-corrected chi connectivity index (χ0v) is 7.70. The summed E-state index contributed by atoms with van der Waals surface area (Å²) in [5.41, 5.74) is 0.456.